The second-order valence-electron chi connectivity index (χ2n) is 5.73. The SMILES string of the molecule is CC(C)N1CCC[C@@]1(C)C(=O)OCc1ccccc1. The van der Waals surface area contributed by atoms with Crippen LogP contribution < -0.4 is 0 Å². The van der Waals surface area contributed by atoms with Gasteiger partial charge in [0.2, 0.25) is 0 Å². The Kier molecular flexibility index (Phi) is 4.25. The fraction of sp³-hybridized carbons (Fsp3) is 0.562. The van der Waals surface area contributed by atoms with Crippen molar-refractivity contribution in [2.45, 2.75) is 51.8 Å². The Morgan fingerprint density at radius 3 is 2.68 bits per heavy atom. The van der Waals surface area contributed by atoms with Gasteiger partial charge in [0.15, 0.2) is 0 Å². The molecule has 3 nitrogen and oxygen atoms in total. The first-order chi connectivity index (χ1) is 9.04. The van der Waals surface area contributed by atoms with Crippen LogP contribution >= 0.6 is 0 Å². The molecule has 1 fully saturated rings. The zero-order valence-electron chi connectivity index (χ0n) is 12.1. The van der Waals surface area contributed by atoms with Crippen molar-refractivity contribution in [1.29, 1.82) is 0 Å². The summed E-state index contributed by atoms with van der Waals surface area (Å²) in [4.78, 5) is 14.6. The minimum Gasteiger partial charge on any atom is -0.459 e. The molecule has 0 radical (unpaired) electrons. The lowest BCUT2D eigenvalue weighted by molar-refractivity contribution is -0.158. The minimum absolute atomic E-state index is 0.0949. The highest BCUT2D eigenvalue weighted by molar-refractivity contribution is 5.80. The first-order valence-electron chi connectivity index (χ1n) is 7.02. The lowest BCUT2D eigenvalue weighted by Gasteiger charge is -2.35. The molecule has 1 heterocycles. The number of likely N-dealkylation sites (tertiary alicyclic amines) is 1. The molecule has 0 bridgehead atoms. The molecule has 104 valence electrons. The molecule has 2 rings (SSSR count). The molecule has 1 aliphatic rings. The van der Waals surface area contributed by atoms with E-state index in [1.807, 2.05) is 37.3 Å². The van der Waals surface area contributed by atoms with Crippen LogP contribution in [0.25, 0.3) is 0 Å². The summed E-state index contributed by atoms with van der Waals surface area (Å²) in [7, 11) is 0. The lowest BCUT2D eigenvalue weighted by Crippen LogP contribution is -2.51. The van der Waals surface area contributed by atoms with E-state index in [2.05, 4.69) is 18.7 Å². The summed E-state index contributed by atoms with van der Waals surface area (Å²) in [5.74, 6) is -0.0949. The van der Waals surface area contributed by atoms with Crippen molar-refractivity contribution in [2.75, 3.05) is 6.54 Å². The average molecular weight is 261 g/mol. The summed E-state index contributed by atoms with van der Waals surface area (Å²) < 4.78 is 5.51. The molecule has 0 N–H and O–H groups in total. The van der Waals surface area contributed by atoms with Gasteiger partial charge in [-0.05, 0) is 45.7 Å². The number of carbonyl (C=O) groups is 1. The molecule has 1 saturated heterocycles. The molecule has 0 aliphatic carbocycles. The number of rotatable bonds is 4. The molecule has 3 heteroatoms. The molecule has 0 unspecified atom stereocenters. The number of hydrogen-bond acceptors (Lipinski definition) is 3. The van der Waals surface area contributed by atoms with Gasteiger partial charge in [0.1, 0.15) is 12.1 Å². The fourth-order valence-electron chi connectivity index (χ4n) is 2.91. The van der Waals surface area contributed by atoms with Crippen molar-refractivity contribution in [3.8, 4) is 0 Å². The zero-order valence-corrected chi connectivity index (χ0v) is 12.1. The number of ether oxygens (including phenoxy) is 1. The lowest BCUT2D eigenvalue weighted by atomic mass is 9.98. The Morgan fingerprint density at radius 2 is 2.05 bits per heavy atom. The third-order valence-corrected chi connectivity index (χ3v) is 3.97. The summed E-state index contributed by atoms with van der Waals surface area (Å²) in [6.07, 6.45) is 1.95. The van der Waals surface area contributed by atoms with E-state index in [1.54, 1.807) is 0 Å². The van der Waals surface area contributed by atoms with Crippen LogP contribution in [-0.2, 0) is 16.1 Å². The molecule has 1 aliphatic heterocycles. The van der Waals surface area contributed by atoms with Gasteiger partial charge in [-0.1, -0.05) is 30.3 Å². The molecule has 0 spiro atoms. The van der Waals surface area contributed by atoms with Crippen molar-refractivity contribution >= 4 is 5.97 Å². The molecular weight excluding hydrogens is 238 g/mol. The second kappa shape index (κ2) is 5.74. The van der Waals surface area contributed by atoms with Crippen LogP contribution in [0.15, 0.2) is 30.3 Å². The maximum Gasteiger partial charge on any atom is 0.326 e. The number of esters is 1. The van der Waals surface area contributed by atoms with E-state index in [0.717, 1.165) is 24.9 Å². The largest absolute Gasteiger partial charge is 0.459 e. The van der Waals surface area contributed by atoms with Gasteiger partial charge in [-0.15, -0.1) is 0 Å². The highest BCUT2D eigenvalue weighted by Crippen LogP contribution is 2.32. The molecule has 0 amide bonds. The summed E-state index contributed by atoms with van der Waals surface area (Å²) in [5.41, 5.74) is 0.580. The van der Waals surface area contributed by atoms with E-state index in [9.17, 15) is 4.79 Å². The molecule has 19 heavy (non-hydrogen) atoms. The highest BCUT2D eigenvalue weighted by Gasteiger charge is 2.45. The Morgan fingerprint density at radius 1 is 1.37 bits per heavy atom. The van der Waals surface area contributed by atoms with Gasteiger partial charge < -0.3 is 4.74 Å². The molecule has 0 saturated carbocycles. The van der Waals surface area contributed by atoms with Crippen LogP contribution in [0.5, 0.6) is 0 Å². The zero-order chi connectivity index (χ0) is 13.9. The van der Waals surface area contributed by atoms with Crippen molar-refractivity contribution in [3.63, 3.8) is 0 Å². The maximum absolute atomic E-state index is 12.4. The molecule has 1 aromatic carbocycles. The molecular formula is C16H23NO2. The van der Waals surface area contributed by atoms with Gasteiger partial charge >= 0.3 is 5.97 Å². The number of nitrogens with zero attached hydrogens (tertiary/aromatic N) is 1. The van der Waals surface area contributed by atoms with E-state index in [-0.39, 0.29) is 5.97 Å². The molecule has 1 atom stereocenters. The van der Waals surface area contributed by atoms with E-state index in [0.29, 0.717) is 12.6 Å². The number of hydrogen-bond donors (Lipinski definition) is 0. The van der Waals surface area contributed by atoms with Gasteiger partial charge in [0.25, 0.3) is 0 Å². The third-order valence-electron chi connectivity index (χ3n) is 3.97. The topological polar surface area (TPSA) is 29.5 Å². The first kappa shape index (κ1) is 14.1. The van der Waals surface area contributed by atoms with Gasteiger partial charge in [-0.25, -0.2) is 0 Å². The van der Waals surface area contributed by atoms with Crippen molar-refractivity contribution < 1.29 is 9.53 Å². The Balaban J connectivity index is 1.99. The highest BCUT2D eigenvalue weighted by atomic mass is 16.5. The van der Waals surface area contributed by atoms with Gasteiger partial charge in [-0.2, -0.15) is 0 Å². The predicted octanol–water partition coefficient (Wildman–Crippen LogP) is 2.99. The van der Waals surface area contributed by atoms with Crippen LogP contribution in [0.1, 0.15) is 39.2 Å². The fourth-order valence-corrected chi connectivity index (χ4v) is 2.91. The summed E-state index contributed by atoms with van der Waals surface area (Å²) in [6.45, 7) is 7.62. The van der Waals surface area contributed by atoms with E-state index >= 15 is 0 Å². The standard InChI is InChI=1S/C16H23NO2/c1-13(2)17-11-7-10-16(17,3)15(18)19-12-14-8-5-4-6-9-14/h4-6,8-9,13H,7,10-12H2,1-3H3/t16-/m0/s1. The Bertz CT molecular complexity index is 430. The van der Waals surface area contributed by atoms with Gasteiger partial charge in [0, 0.05) is 6.04 Å². The quantitative estimate of drug-likeness (QED) is 0.780. The van der Waals surface area contributed by atoms with Crippen LogP contribution in [0.2, 0.25) is 0 Å². The molecule has 0 aromatic heterocycles. The van der Waals surface area contributed by atoms with Crippen LogP contribution in [0.4, 0.5) is 0 Å². The van der Waals surface area contributed by atoms with Crippen LogP contribution in [0, 0.1) is 0 Å². The summed E-state index contributed by atoms with van der Waals surface area (Å²) in [5, 5.41) is 0. The average Bonchev–Trinajstić information content (AvgIpc) is 2.81. The monoisotopic (exact) mass is 261 g/mol. The second-order valence-corrected chi connectivity index (χ2v) is 5.73. The number of carbonyl (C=O) groups excluding carboxylic acids is 1. The Labute approximate surface area is 115 Å². The number of benzene rings is 1. The van der Waals surface area contributed by atoms with E-state index in [1.165, 1.54) is 0 Å². The minimum atomic E-state index is -0.455. The van der Waals surface area contributed by atoms with Crippen molar-refractivity contribution in [3.05, 3.63) is 35.9 Å². The predicted molar refractivity (Wildman–Crippen MR) is 75.7 cm³/mol. The van der Waals surface area contributed by atoms with Gasteiger partial charge in [-0.3, -0.25) is 9.69 Å². The van der Waals surface area contributed by atoms with Crippen molar-refractivity contribution in [2.24, 2.45) is 0 Å². The molecule has 1 aromatic rings. The third kappa shape index (κ3) is 2.98. The van der Waals surface area contributed by atoms with Crippen LogP contribution in [-0.4, -0.2) is 29.0 Å². The van der Waals surface area contributed by atoms with Crippen molar-refractivity contribution in [1.82, 2.24) is 4.90 Å². The van der Waals surface area contributed by atoms with E-state index < -0.39 is 5.54 Å². The van der Waals surface area contributed by atoms with Crippen LogP contribution in [0.3, 0.4) is 0 Å². The maximum atomic E-state index is 12.4. The summed E-state index contributed by atoms with van der Waals surface area (Å²) in [6, 6.07) is 10.2. The van der Waals surface area contributed by atoms with E-state index in [4.69, 9.17) is 4.74 Å². The first-order valence-corrected chi connectivity index (χ1v) is 7.02. The summed E-state index contributed by atoms with van der Waals surface area (Å²) >= 11 is 0. The Hall–Kier alpha value is -1.35. The normalized spacial score (nSPS) is 23.8. The smallest absolute Gasteiger partial charge is 0.326 e. The van der Waals surface area contributed by atoms with Gasteiger partial charge in [0.05, 0.1) is 0 Å².